The van der Waals surface area contributed by atoms with Gasteiger partial charge >= 0.3 is 0 Å². The van der Waals surface area contributed by atoms with Crippen molar-refractivity contribution < 1.29 is 14.2 Å². The zero-order valence-corrected chi connectivity index (χ0v) is 16.0. The van der Waals surface area contributed by atoms with E-state index in [0.29, 0.717) is 24.8 Å². The van der Waals surface area contributed by atoms with E-state index in [0.717, 1.165) is 31.6 Å². The molecular weight excluding hydrogens is 344 g/mol. The van der Waals surface area contributed by atoms with E-state index in [1.807, 2.05) is 24.3 Å². The molecule has 0 saturated carbocycles. The van der Waals surface area contributed by atoms with Crippen LogP contribution in [0.4, 0.5) is 5.69 Å². The van der Waals surface area contributed by atoms with E-state index in [1.54, 1.807) is 13.8 Å². The maximum absolute atomic E-state index is 9.07. The molecule has 4 N–H and O–H groups in total. The number of nitriles is 1. The van der Waals surface area contributed by atoms with Crippen LogP contribution in [0, 0.1) is 22.2 Å². The number of nitrogens with zero attached hydrogens (tertiary/aromatic N) is 1. The van der Waals surface area contributed by atoms with Gasteiger partial charge in [-0.1, -0.05) is 6.07 Å². The highest BCUT2D eigenvalue weighted by Gasteiger charge is 2.21. The molecular formula is C20H28N4O3. The summed E-state index contributed by atoms with van der Waals surface area (Å²) in [4.78, 5) is 0. The molecule has 1 heterocycles. The summed E-state index contributed by atoms with van der Waals surface area (Å²) in [6.45, 7) is 5.00. The second-order valence-corrected chi connectivity index (χ2v) is 6.92. The van der Waals surface area contributed by atoms with Gasteiger partial charge in [0.05, 0.1) is 23.8 Å². The van der Waals surface area contributed by atoms with Gasteiger partial charge in [-0.3, -0.25) is 0 Å². The fourth-order valence-electron chi connectivity index (χ4n) is 2.44. The van der Waals surface area contributed by atoms with Gasteiger partial charge in [0.2, 0.25) is 0 Å². The van der Waals surface area contributed by atoms with Gasteiger partial charge in [0.15, 0.2) is 6.29 Å². The van der Waals surface area contributed by atoms with Crippen LogP contribution in [-0.4, -0.2) is 31.8 Å². The smallest absolute Gasteiger partial charge is 0.157 e. The third-order valence-corrected chi connectivity index (χ3v) is 4.17. The van der Waals surface area contributed by atoms with Crippen molar-refractivity contribution in [1.82, 2.24) is 0 Å². The molecule has 0 spiro atoms. The molecule has 1 fully saturated rings. The fraction of sp³-hybridized carbons (Fsp3) is 0.500. The van der Waals surface area contributed by atoms with Gasteiger partial charge in [-0.2, -0.15) is 5.26 Å². The van der Waals surface area contributed by atoms with Gasteiger partial charge in [0, 0.05) is 24.4 Å². The minimum atomic E-state index is -0.890. The Morgan fingerprint density at radius 1 is 1.44 bits per heavy atom. The Balaban J connectivity index is 1.82. The van der Waals surface area contributed by atoms with Crippen LogP contribution < -0.4 is 15.8 Å². The maximum Gasteiger partial charge on any atom is 0.157 e. The number of benzene rings is 1. The summed E-state index contributed by atoms with van der Waals surface area (Å²) in [5.74, 6) is 0.978. The standard InChI is InChI=1S/C20H28N4O3/c1-20(2,14-21)17(22)13-18(23)24-15-6-5-7-16(12-15)25-10-11-27-19-8-3-4-9-26-19/h5-7,12-13,19,22,24H,3-4,8-11,23H2,1-2H3/b18-13-,22-17?. The van der Waals surface area contributed by atoms with Crippen LogP contribution in [0.3, 0.4) is 0 Å². The minimum absolute atomic E-state index is 0.117. The van der Waals surface area contributed by atoms with Crippen LogP contribution in [0.1, 0.15) is 33.1 Å². The zero-order valence-electron chi connectivity index (χ0n) is 16.0. The highest BCUT2D eigenvalue weighted by Crippen LogP contribution is 2.20. The second kappa shape index (κ2) is 9.95. The summed E-state index contributed by atoms with van der Waals surface area (Å²) in [6.07, 6.45) is 4.50. The molecule has 146 valence electrons. The van der Waals surface area contributed by atoms with Crippen LogP contribution in [0.25, 0.3) is 0 Å². The fourth-order valence-corrected chi connectivity index (χ4v) is 2.44. The van der Waals surface area contributed by atoms with E-state index < -0.39 is 5.41 Å². The summed E-state index contributed by atoms with van der Waals surface area (Å²) < 4.78 is 16.9. The van der Waals surface area contributed by atoms with Crippen molar-refractivity contribution in [3.8, 4) is 11.8 Å². The van der Waals surface area contributed by atoms with Gasteiger partial charge < -0.3 is 30.7 Å². The van der Waals surface area contributed by atoms with Crippen LogP contribution in [0.15, 0.2) is 36.2 Å². The number of hydrogen-bond acceptors (Lipinski definition) is 7. The molecule has 1 saturated heterocycles. The molecule has 27 heavy (non-hydrogen) atoms. The summed E-state index contributed by atoms with van der Waals surface area (Å²) in [7, 11) is 0. The van der Waals surface area contributed by atoms with E-state index in [-0.39, 0.29) is 12.0 Å². The van der Waals surface area contributed by atoms with Crippen molar-refractivity contribution >= 4 is 11.4 Å². The monoisotopic (exact) mass is 372 g/mol. The average molecular weight is 372 g/mol. The first-order valence-corrected chi connectivity index (χ1v) is 9.11. The molecule has 0 radical (unpaired) electrons. The number of hydrogen-bond donors (Lipinski definition) is 3. The van der Waals surface area contributed by atoms with E-state index >= 15 is 0 Å². The molecule has 1 aliphatic rings. The zero-order chi connectivity index (χ0) is 19.7. The van der Waals surface area contributed by atoms with Crippen LogP contribution in [0.5, 0.6) is 5.75 Å². The van der Waals surface area contributed by atoms with Gasteiger partial charge in [-0.25, -0.2) is 0 Å². The van der Waals surface area contributed by atoms with Crippen molar-refractivity contribution in [1.29, 1.82) is 10.7 Å². The predicted octanol–water partition coefficient (Wildman–Crippen LogP) is 3.39. The van der Waals surface area contributed by atoms with Crippen LogP contribution in [0.2, 0.25) is 0 Å². The van der Waals surface area contributed by atoms with Gasteiger partial charge in [0.1, 0.15) is 18.2 Å². The first-order chi connectivity index (χ1) is 12.9. The predicted molar refractivity (Wildman–Crippen MR) is 104 cm³/mol. The lowest BCUT2D eigenvalue weighted by molar-refractivity contribution is -0.165. The number of nitrogens with two attached hydrogens (primary N) is 1. The first-order valence-electron chi connectivity index (χ1n) is 9.11. The summed E-state index contributed by atoms with van der Waals surface area (Å²) in [5.41, 5.74) is 5.93. The largest absolute Gasteiger partial charge is 0.491 e. The molecule has 2 rings (SSSR count). The second-order valence-electron chi connectivity index (χ2n) is 6.92. The molecule has 1 aromatic carbocycles. The number of allylic oxidation sites excluding steroid dienone is 1. The van der Waals surface area contributed by atoms with Crippen molar-refractivity contribution in [3.63, 3.8) is 0 Å². The molecule has 0 aliphatic carbocycles. The summed E-state index contributed by atoms with van der Waals surface area (Å²) in [6, 6.07) is 9.44. The normalized spacial score (nSPS) is 17.8. The van der Waals surface area contributed by atoms with Crippen molar-refractivity contribution in [3.05, 3.63) is 36.2 Å². The minimum Gasteiger partial charge on any atom is -0.491 e. The van der Waals surface area contributed by atoms with Gasteiger partial charge in [-0.05, 0) is 45.2 Å². The lowest BCUT2D eigenvalue weighted by Crippen LogP contribution is -2.24. The highest BCUT2D eigenvalue weighted by atomic mass is 16.7. The average Bonchev–Trinajstić information content (AvgIpc) is 2.66. The summed E-state index contributed by atoms with van der Waals surface area (Å²) in [5, 5.41) is 20.0. The highest BCUT2D eigenvalue weighted by molar-refractivity contribution is 5.99. The number of anilines is 1. The van der Waals surface area contributed by atoms with Crippen molar-refractivity contribution in [2.24, 2.45) is 11.1 Å². The van der Waals surface area contributed by atoms with E-state index in [1.165, 1.54) is 6.08 Å². The number of ether oxygens (including phenoxy) is 3. The van der Waals surface area contributed by atoms with E-state index in [2.05, 4.69) is 11.4 Å². The van der Waals surface area contributed by atoms with Crippen LogP contribution >= 0.6 is 0 Å². The molecule has 0 aromatic heterocycles. The Bertz CT molecular complexity index is 703. The van der Waals surface area contributed by atoms with Gasteiger partial charge in [0.25, 0.3) is 0 Å². The molecule has 1 aromatic rings. The van der Waals surface area contributed by atoms with Crippen molar-refractivity contribution in [2.45, 2.75) is 39.4 Å². The van der Waals surface area contributed by atoms with E-state index in [4.69, 9.17) is 30.6 Å². The molecule has 7 heteroatoms. The SMILES string of the molecule is CC(C)(C#N)C(=N)/C=C(/N)Nc1cccc(OCCOC2CCCCO2)c1. The molecule has 1 aliphatic heterocycles. The lowest BCUT2D eigenvalue weighted by Gasteiger charge is -2.22. The summed E-state index contributed by atoms with van der Waals surface area (Å²) >= 11 is 0. The molecule has 7 nitrogen and oxygen atoms in total. The van der Waals surface area contributed by atoms with Crippen molar-refractivity contribution in [2.75, 3.05) is 25.1 Å². The maximum atomic E-state index is 9.07. The first kappa shape index (κ1) is 20.7. The number of rotatable bonds is 9. The van der Waals surface area contributed by atoms with Gasteiger partial charge in [-0.15, -0.1) is 0 Å². The third-order valence-electron chi connectivity index (χ3n) is 4.17. The topological polar surface area (TPSA) is 113 Å². The lowest BCUT2D eigenvalue weighted by atomic mass is 9.89. The van der Waals surface area contributed by atoms with E-state index in [9.17, 15) is 0 Å². The number of nitrogens with one attached hydrogen (secondary N) is 2. The Kier molecular flexibility index (Phi) is 7.65. The third kappa shape index (κ3) is 6.93. The molecule has 0 amide bonds. The Hall–Kier alpha value is -2.56. The molecule has 1 atom stereocenters. The Labute approximate surface area is 160 Å². The van der Waals surface area contributed by atoms with Crippen LogP contribution in [-0.2, 0) is 9.47 Å². The Morgan fingerprint density at radius 3 is 2.96 bits per heavy atom. The molecule has 0 bridgehead atoms. The quantitative estimate of drug-likeness (QED) is 0.452. The molecule has 1 unspecified atom stereocenters. The Morgan fingerprint density at radius 2 is 2.26 bits per heavy atom.